The second kappa shape index (κ2) is 4.61. The summed E-state index contributed by atoms with van der Waals surface area (Å²) in [5.41, 5.74) is 0.877. The van der Waals surface area contributed by atoms with Crippen molar-refractivity contribution < 1.29 is 4.79 Å². The van der Waals surface area contributed by atoms with Gasteiger partial charge in [-0.15, -0.1) is 0 Å². The molecule has 0 spiro atoms. The number of carbonyl (C=O) groups is 1. The van der Waals surface area contributed by atoms with Crippen molar-refractivity contribution in [2.75, 3.05) is 5.32 Å². The van der Waals surface area contributed by atoms with E-state index < -0.39 is 0 Å². The molecule has 3 nitrogen and oxygen atoms in total. The minimum Gasteiger partial charge on any atom is -0.310 e. The molecule has 1 aromatic carbocycles. The van der Waals surface area contributed by atoms with Crippen LogP contribution in [0.15, 0.2) is 36.4 Å². The van der Waals surface area contributed by atoms with Gasteiger partial charge in [-0.1, -0.05) is 34.1 Å². The lowest BCUT2D eigenvalue weighted by Gasteiger charge is -2.06. The first kappa shape index (κ1) is 11.1. The first-order chi connectivity index (χ1) is 7.66. The van der Waals surface area contributed by atoms with Gasteiger partial charge in [-0.3, -0.25) is 4.79 Å². The van der Waals surface area contributed by atoms with Crippen molar-refractivity contribution in [1.82, 2.24) is 4.98 Å². The van der Waals surface area contributed by atoms with Gasteiger partial charge in [0.1, 0.15) is 5.82 Å². The highest BCUT2D eigenvalue weighted by atomic mass is 79.9. The van der Waals surface area contributed by atoms with E-state index in [1.165, 1.54) is 0 Å². The molecule has 82 valence electrons. The van der Waals surface area contributed by atoms with Crippen LogP contribution in [0, 0.1) is 0 Å². The minimum absolute atomic E-state index is 0.0946. The number of halogens is 1. The van der Waals surface area contributed by atoms with Gasteiger partial charge in [0.15, 0.2) is 0 Å². The van der Waals surface area contributed by atoms with Crippen molar-refractivity contribution in [2.45, 2.75) is 11.8 Å². The number of nitrogens with zero attached hydrogens (tertiary/aromatic N) is 1. The van der Waals surface area contributed by atoms with Crippen LogP contribution in [0.3, 0.4) is 0 Å². The molecule has 0 aliphatic carbocycles. The molecule has 1 amide bonds. The molecule has 0 saturated carbocycles. The first-order valence-electron chi connectivity index (χ1n) is 4.97. The number of carbonyl (C=O) groups excluding carboxylic acids is 1. The van der Waals surface area contributed by atoms with Crippen molar-refractivity contribution in [1.29, 1.82) is 0 Å². The second-order valence-electron chi connectivity index (χ2n) is 3.49. The van der Waals surface area contributed by atoms with Crippen LogP contribution >= 0.6 is 15.9 Å². The first-order valence-corrected chi connectivity index (χ1v) is 5.89. The Hall–Kier alpha value is -1.42. The Labute approximate surface area is 102 Å². The quantitative estimate of drug-likeness (QED) is 0.859. The maximum absolute atomic E-state index is 11.5. The van der Waals surface area contributed by atoms with E-state index in [-0.39, 0.29) is 10.7 Å². The summed E-state index contributed by atoms with van der Waals surface area (Å²) in [4.78, 5) is 15.6. The molecule has 0 aliphatic heterocycles. The third-order valence-corrected chi connectivity index (χ3v) is 2.63. The van der Waals surface area contributed by atoms with Gasteiger partial charge in [-0.25, -0.2) is 4.98 Å². The number of aromatic nitrogens is 1. The monoisotopic (exact) mass is 278 g/mol. The lowest BCUT2D eigenvalue weighted by Crippen LogP contribution is -2.20. The van der Waals surface area contributed by atoms with Gasteiger partial charge in [0.25, 0.3) is 0 Å². The lowest BCUT2D eigenvalue weighted by molar-refractivity contribution is -0.115. The van der Waals surface area contributed by atoms with Crippen molar-refractivity contribution in [3.8, 4) is 0 Å². The van der Waals surface area contributed by atoms with Crippen molar-refractivity contribution >= 4 is 38.6 Å². The Morgan fingerprint density at radius 1 is 1.31 bits per heavy atom. The minimum atomic E-state index is -0.222. The zero-order valence-corrected chi connectivity index (χ0v) is 10.4. The molecule has 0 saturated heterocycles. The van der Waals surface area contributed by atoms with Crippen LogP contribution < -0.4 is 5.32 Å². The summed E-state index contributed by atoms with van der Waals surface area (Å²) >= 11 is 3.21. The number of pyridine rings is 1. The number of hydrogen-bond acceptors (Lipinski definition) is 2. The molecule has 0 radical (unpaired) electrons. The van der Waals surface area contributed by atoms with E-state index in [0.29, 0.717) is 5.82 Å². The van der Waals surface area contributed by atoms with Crippen LogP contribution in [0.5, 0.6) is 0 Å². The maximum atomic E-state index is 11.5. The van der Waals surface area contributed by atoms with E-state index in [2.05, 4.69) is 26.2 Å². The van der Waals surface area contributed by atoms with E-state index in [9.17, 15) is 4.79 Å². The molecule has 0 bridgehead atoms. The second-order valence-corrected chi connectivity index (χ2v) is 4.87. The fraction of sp³-hybridized carbons (Fsp3) is 0.167. The number of hydrogen-bond donors (Lipinski definition) is 1. The predicted octanol–water partition coefficient (Wildman–Crippen LogP) is 2.96. The van der Waals surface area contributed by atoms with Crippen LogP contribution in [0.1, 0.15) is 6.92 Å². The average Bonchev–Trinajstić information content (AvgIpc) is 2.28. The fourth-order valence-corrected chi connectivity index (χ4v) is 1.48. The van der Waals surface area contributed by atoms with Gasteiger partial charge in [-0.05, 0) is 25.1 Å². The molecular formula is C12H11BrN2O. The molecule has 1 atom stereocenters. The normalized spacial score (nSPS) is 12.4. The number of alkyl halides is 1. The molecule has 1 aromatic heterocycles. The Morgan fingerprint density at radius 2 is 2.06 bits per heavy atom. The SMILES string of the molecule is CC(Br)C(=O)Nc1ccc2ccccc2n1. The van der Waals surface area contributed by atoms with Crippen molar-refractivity contribution in [3.63, 3.8) is 0 Å². The summed E-state index contributed by atoms with van der Waals surface area (Å²) < 4.78 is 0. The molecule has 0 fully saturated rings. The number of benzene rings is 1. The molecule has 0 aliphatic rings. The number of rotatable bonds is 2. The van der Waals surface area contributed by atoms with Gasteiger partial charge in [0.05, 0.1) is 10.3 Å². The van der Waals surface area contributed by atoms with Crippen LogP contribution in [0.4, 0.5) is 5.82 Å². The van der Waals surface area contributed by atoms with Crippen LogP contribution in [0.25, 0.3) is 10.9 Å². The third kappa shape index (κ3) is 2.39. The smallest absolute Gasteiger partial charge is 0.239 e. The van der Waals surface area contributed by atoms with Crippen LogP contribution in [0.2, 0.25) is 0 Å². The molecular weight excluding hydrogens is 268 g/mol. The molecule has 1 heterocycles. The lowest BCUT2D eigenvalue weighted by atomic mass is 10.2. The number of nitrogens with one attached hydrogen (secondary N) is 1. The van der Waals surface area contributed by atoms with E-state index in [4.69, 9.17) is 0 Å². The van der Waals surface area contributed by atoms with E-state index in [0.717, 1.165) is 10.9 Å². The van der Waals surface area contributed by atoms with E-state index in [1.807, 2.05) is 30.3 Å². The third-order valence-electron chi connectivity index (χ3n) is 2.21. The highest BCUT2D eigenvalue weighted by Gasteiger charge is 2.09. The van der Waals surface area contributed by atoms with Gasteiger partial charge < -0.3 is 5.32 Å². The maximum Gasteiger partial charge on any atom is 0.239 e. The summed E-state index contributed by atoms with van der Waals surface area (Å²) in [7, 11) is 0. The summed E-state index contributed by atoms with van der Waals surface area (Å²) in [6.07, 6.45) is 0. The fourth-order valence-electron chi connectivity index (χ4n) is 1.36. The molecule has 1 N–H and O–H groups in total. The largest absolute Gasteiger partial charge is 0.310 e. The van der Waals surface area contributed by atoms with Gasteiger partial charge in [0.2, 0.25) is 5.91 Å². The van der Waals surface area contributed by atoms with Crippen molar-refractivity contribution in [2.24, 2.45) is 0 Å². The average molecular weight is 279 g/mol. The summed E-state index contributed by atoms with van der Waals surface area (Å²) in [5, 5.41) is 3.80. The number of para-hydroxylation sites is 1. The summed E-state index contributed by atoms with van der Waals surface area (Å²) in [6, 6.07) is 11.5. The topological polar surface area (TPSA) is 42.0 Å². The highest BCUT2D eigenvalue weighted by molar-refractivity contribution is 9.10. The molecule has 2 rings (SSSR count). The van der Waals surface area contributed by atoms with Gasteiger partial charge >= 0.3 is 0 Å². The Balaban J connectivity index is 2.29. The summed E-state index contributed by atoms with van der Waals surface area (Å²) in [6.45, 7) is 1.77. The number of amides is 1. The Kier molecular flexibility index (Phi) is 3.19. The van der Waals surface area contributed by atoms with Gasteiger partial charge in [-0.2, -0.15) is 0 Å². The number of anilines is 1. The molecule has 2 aromatic rings. The zero-order chi connectivity index (χ0) is 11.5. The Morgan fingerprint density at radius 3 is 2.81 bits per heavy atom. The van der Waals surface area contributed by atoms with Gasteiger partial charge in [0, 0.05) is 5.39 Å². The zero-order valence-electron chi connectivity index (χ0n) is 8.77. The Bertz CT molecular complexity index is 525. The van der Waals surface area contributed by atoms with Crippen molar-refractivity contribution in [3.05, 3.63) is 36.4 Å². The molecule has 4 heteroatoms. The highest BCUT2D eigenvalue weighted by Crippen LogP contribution is 2.15. The molecule has 16 heavy (non-hydrogen) atoms. The van der Waals surface area contributed by atoms with E-state index in [1.54, 1.807) is 13.0 Å². The summed E-state index contributed by atoms with van der Waals surface area (Å²) in [5.74, 6) is 0.484. The van der Waals surface area contributed by atoms with E-state index >= 15 is 0 Å². The van der Waals surface area contributed by atoms with Crippen LogP contribution in [-0.4, -0.2) is 15.7 Å². The predicted molar refractivity (Wildman–Crippen MR) is 68.8 cm³/mol. The molecule has 1 unspecified atom stereocenters. The number of fused-ring (bicyclic) bond motifs is 1. The standard InChI is InChI=1S/C12H11BrN2O/c1-8(13)12(16)15-11-7-6-9-4-2-3-5-10(9)14-11/h2-8H,1H3,(H,14,15,16). The van der Waals surface area contributed by atoms with Crippen LogP contribution in [-0.2, 0) is 4.79 Å².